The fraction of sp³-hybridized carbons (Fsp3) is 0.400. The van der Waals surface area contributed by atoms with Crippen LogP contribution in [0, 0.1) is 17.8 Å². The molecule has 166 valence electrons. The van der Waals surface area contributed by atoms with E-state index in [-0.39, 0.29) is 28.4 Å². The van der Waals surface area contributed by atoms with E-state index in [1.165, 1.54) is 31.4 Å². The molecule has 3 amide bonds. The van der Waals surface area contributed by atoms with Crippen molar-refractivity contribution in [3.05, 3.63) is 53.6 Å². The first-order chi connectivity index (χ1) is 15.4. The number of anilines is 2. The molecule has 32 heavy (non-hydrogen) atoms. The predicted octanol–water partition coefficient (Wildman–Crippen LogP) is 3.91. The van der Waals surface area contributed by atoms with Crippen LogP contribution < -0.4 is 16.0 Å². The SMILES string of the molecule is O=CNc1cccc(C(=O)Nc2ccc(C(=O)NC34CC5CC(CC(C5)C3)C4)cc2)c1O. The summed E-state index contributed by atoms with van der Waals surface area (Å²) in [5.74, 6) is 1.41. The maximum absolute atomic E-state index is 13.0. The Kier molecular flexibility index (Phi) is 5.12. The fourth-order valence-electron chi connectivity index (χ4n) is 6.39. The first kappa shape index (κ1) is 20.5. The van der Waals surface area contributed by atoms with E-state index in [0.717, 1.165) is 37.0 Å². The van der Waals surface area contributed by atoms with Gasteiger partial charge in [-0.25, -0.2) is 0 Å². The van der Waals surface area contributed by atoms with Gasteiger partial charge in [-0.15, -0.1) is 0 Å². The molecule has 7 nitrogen and oxygen atoms in total. The van der Waals surface area contributed by atoms with Gasteiger partial charge in [0.25, 0.3) is 11.8 Å². The second-order valence-electron chi connectivity index (χ2n) is 9.65. The van der Waals surface area contributed by atoms with Gasteiger partial charge >= 0.3 is 0 Å². The zero-order chi connectivity index (χ0) is 22.3. The quantitative estimate of drug-likeness (QED) is 0.409. The Balaban J connectivity index is 1.25. The number of benzene rings is 2. The van der Waals surface area contributed by atoms with Crippen LogP contribution in [-0.4, -0.2) is 28.9 Å². The molecule has 0 spiro atoms. The zero-order valence-electron chi connectivity index (χ0n) is 17.8. The van der Waals surface area contributed by atoms with Crippen LogP contribution in [0.5, 0.6) is 5.75 Å². The average molecular weight is 434 g/mol. The summed E-state index contributed by atoms with van der Waals surface area (Å²) in [5.41, 5.74) is 1.23. The molecule has 0 radical (unpaired) electrons. The van der Waals surface area contributed by atoms with Gasteiger partial charge in [0, 0.05) is 16.8 Å². The smallest absolute Gasteiger partial charge is 0.259 e. The summed E-state index contributed by atoms with van der Waals surface area (Å²) in [5, 5.41) is 18.6. The van der Waals surface area contributed by atoms with Crippen LogP contribution in [0.15, 0.2) is 42.5 Å². The van der Waals surface area contributed by atoms with Crippen LogP contribution in [0.25, 0.3) is 0 Å². The molecule has 7 heteroatoms. The number of amides is 3. The Morgan fingerprint density at radius 2 is 1.53 bits per heavy atom. The summed E-state index contributed by atoms with van der Waals surface area (Å²) in [6, 6.07) is 11.3. The Morgan fingerprint density at radius 3 is 2.12 bits per heavy atom. The molecule has 4 saturated carbocycles. The third-order valence-electron chi connectivity index (χ3n) is 7.32. The van der Waals surface area contributed by atoms with Crippen molar-refractivity contribution < 1.29 is 19.5 Å². The molecule has 4 aliphatic rings. The molecule has 0 saturated heterocycles. The maximum Gasteiger partial charge on any atom is 0.259 e. The van der Waals surface area contributed by atoms with E-state index < -0.39 is 5.91 Å². The molecule has 4 bridgehead atoms. The van der Waals surface area contributed by atoms with Gasteiger partial charge in [-0.05, 0) is 92.7 Å². The largest absolute Gasteiger partial charge is 0.505 e. The van der Waals surface area contributed by atoms with Crippen LogP contribution in [0.1, 0.15) is 59.2 Å². The van der Waals surface area contributed by atoms with Gasteiger partial charge in [0.05, 0.1) is 11.3 Å². The van der Waals surface area contributed by atoms with Crippen LogP contribution in [0.2, 0.25) is 0 Å². The van der Waals surface area contributed by atoms with Gasteiger partial charge < -0.3 is 21.1 Å². The summed E-state index contributed by atoms with van der Waals surface area (Å²) in [4.78, 5) is 36.2. The van der Waals surface area contributed by atoms with E-state index in [0.29, 0.717) is 17.7 Å². The minimum Gasteiger partial charge on any atom is -0.505 e. The molecule has 0 aromatic heterocycles. The van der Waals surface area contributed by atoms with Crippen molar-refractivity contribution in [2.45, 2.75) is 44.1 Å². The van der Waals surface area contributed by atoms with Gasteiger partial charge in [0.2, 0.25) is 6.41 Å². The van der Waals surface area contributed by atoms with Gasteiger partial charge in [-0.1, -0.05) is 6.07 Å². The predicted molar refractivity (Wildman–Crippen MR) is 121 cm³/mol. The van der Waals surface area contributed by atoms with Gasteiger partial charge in [-0.2, -0.15) is 0 Å². The summed E-state index contributed by atoms with van der Waals surface area (Å²) < 4.78 is 0. The highest BCUT2D eigenvalue weighted by molar-refractivity contribution is 6.07. The van der Waals surface area contributed by atoms with Crippen LogP contribution in [0.3, 0.4) is 0 Å². The first-order valence-electron chi connectivity index (χ1n) is 11.2. The number of carbonyl (C=O) groups is 3. The third kappa shape index (κ3) is 3.83. The number of phenols is 1. The number of rotatable bonds is 6. The number of phenolic OH excluding ortho intramolecular Hbond substituents is 1. The molecule has 0 unspecified atom stereocenters. The van der Waals surface area contributed by atoms with Crippen molar-refractivity contribution in [1.29, 1.82) is 0 Å². The van der Waals surface area contributed by atoms with E-state index in [9.17, 15) is 19.5 Å². The molecule has 0 heterocycles. The number of carbonyl (C=O) groups excluding carboxylic acids is 3. The lowest BCUT2D eigenvalue weighted by Crippen LogP contribution is -2.59. The van der Waals surface area contributed by atoms with Crippen molar-refractivity contribution in [1.82, 2.24) is 5.32 Å². The highest BCUT2D eigenvalue weighted by atomic mass is 16.3. The Bertz CT molecular complexity index is 1030. The summed E-state index contributed by atoms with van der Waals surface area (Å²) in [6.45, 7) is 0. The number of nitrogens with one attached hydrogen (secondary N) is 3. The number of aromatic hydroxyl groups is 1. The molecule has 0 atom stereocenters. The molecule has 4 N–H and O–H groups in total. The van der Waals surface area contributed by atoms with Crippen molar-refractivity contribution in [3.63, 3.8) is 0 Å². The van der Waals surface area contributed by atoms with E-state index >= 15 is 0 Å². The lowest BCUT2D eigenvalue weighted by atomic mass is 9.53. The molecule has 6 rings (SSSR count). The molecular formula is C25H27N3O4. The molecule has 2 aromatic carbocycles. The number of para-hydroxylation sites is 1. The highest BCUT2D eigenvalue weighted by Gasteiger charge is 2.51. The molecular weight excluding hydrogens is 406 g/mol. The van der Waals surface area contributed by atoms with E-state index in [1.807, 2.05) is 0 Å². The van der Waals surface area contributed by atoms with Crippen molar-refractivity contribution in [3.8, 4) is 5.75 Å². The van der Waals surface area contributed by atoms with Crippen molar-refractivity contribution in [2.75, 3.05) is 10.6 Å². The summed E-state index contributed by atoms with van der Waals surface area (Å²) in [7, 11) is 0. The van der Waals surface area contributed by atoms with Gasteiger partial charge in [0.1, 0.15) is 0 Å². The van der Waals surface area contributed by atoms with Crippen LogP contribution in [0.4, 0.5) is 11.4 Å². The zero-order valence-corrected chi connectivity index (χ0v) is 17.8. The third-order valence-corrected chi connectivity index (χ3v) is 7.32. The van der Waals surface area contributed by atoms with E-state index in [1.54, 1.807) is 30.3 Å². The molecule has 2 aromatic rings. The lowest BCUT2D eigenvalue weighted by molar-refractivity contribution is -0.105. The molecule has 4 fully saturated rings. The number of hydrogen-bond acceptors (Lipinski definition) is 4. The maximum atomic E-state index is 13.0. The van der Waals surface area contributed by atoms with Crippen molar-refractivity contribution >= 4 is 29.6 Å². The standard InChI is InChI=1S/C25H27N3O4/c29-14-26-21-3-1-2-20(22(21)30)24(32)27-19-6-4-18(5-7-19)23(31)28-25-11-15-8-16(12-25)10-17(9-15)13-25/h1-7,14-17,30H,8-13H2,(H,26,29)(H,27,32)(H,28,31). The van der Waals surface area contributed by atoms with Gasteiger partial charge in [-0.3, -0.25) is 14.4 Å². The number of hydrogen-bond donors (Lipinski definition) is 4. The normalized spacial score (nSPS) is 27.6. The Labute approximate surface area is 186 Å². The Morgan fingerprint density at radius 1 is 0.906 bits per heavy atom. The second-order valence-corrected chi connectivity index (χ2v) is 9.65. The van der Waals surface area contributed by atoms with E-state index in [2.05, 4.69) is 16.0 Å². The van der Waals surface area contributed by atoms with E-state index in [4.69, 9.17) is 0 Å². The minimum atomic E-state index is -0.511. The lowest BCUT2D eigenvalue weighted by Gasteiger charge is -2.56. The highest BCUT2D eigenvalue weighted by Crippen LogP contribution is 2.55. The molecule has 0 aliphatic heterocycles. The monoisotopic (exact) mass is 433 g/mol. The topological polar surface area (TPSA) is 108 Å². The Hall–Kier alpha value is -3.35. The van der Waals surface area contributed by atoms with Gasteiger partial charge in [0.15, 0.2) is 5.75 Å². The molecule has 4 aliphatic carbocycles. The first-order valence-corrected chi connectivity index (χ1v) is 11.2. The summed E-state index contributed by atoms with van der Waals surface area (Å²) in [6.07, 6.45) is 7.71. The van der Waals surface area contributed by atoms with Crippen LogP contribution in [-0.2, 0) is 4.79 Å². The van der Waals surface area contributed by atoms with Crippen LogP contribution >= 0.6 is 0 Å². The second kappa shape index (κ2) is 7.97. The fourth-order valence-corrected chi connectivity index (χ4v) is 6.39. The van der Waals surface area contributed by atoms with Crippen molar-refractivity contribution in [2.24, 2.45) is 17.8 Å². The minimum absolute atomic E-state index is 0.0421. The average Bonchev–Trinajstić information content (AvgIpc) is 2.74. The summed E-state index contributed by atoms with van der Waals surface area (Å²) >= 11 is 0.